The van der Waals surface area contributed by atoms with Crippen LogP contribution in [0.15, 0.2) is 6.33 Å². The zero-order valence-corrected chi connectivity index (χ0v) is 10.2. The molecule has 0 saturated carbocycles. The van der Waals surface area contributed by atoms with Crippen LogP contribution in [0.5, 0.6) is 5.88 Å². The van der Waals surface area contributed by atoms with Gasteiger partial charge in [0.05, 0.1) is 11.7 Å². The standard InChI is InChI=1S/C12H19N3O2/c1-2-4-10-11(13)14-8-15-12(10)17-7-9-5-3-6-16-9/h8-9H,2-7H2,1H3,(H2,13,14,15). The third kappa shape index (κ3) is 3.06. The van der Waals surface area contributed by atoms with Crippen LogP contribution < -0.4 is 10.5 Å². The fraction of sp³-hybridized carbons (Fsp3) is 0.667. The molecular weight excluding hydrogens is 218 g/mol. The molecule has 1 aliphatic heterocycles. The van der Waals surface area contributed by atoms with Crippen molar-refractivity contribution in [2.75, 3.05) is 18.9 Å². The van der Waals surface area contributed by atoms with E-state index >= 15 is 0 Å². The molecule has 0 bridgehead atoms. The van der Waals surface area contributed by atoms with Crippen molar-refractivity contribution in [3.8, 4) is 5.88 Å². The third-order valence-electron chi connectivity index (χ3n) is 2.87. The third-order valence-corrected chi connectivity index (χ3v) is 2.87. The Labute approximate surface area is 101 Å². The summed E-state index contributed by atoms with van der Waals surface area (Å²) in [7, 11) is 0. The van der Waals surface area contributed by atoms with E-state index in [0.717, 1.165) is 37.9 Å². The molecule has 0 spiro atoms. The van der Waals surface area contributed by atoms with E-state index < -0.39 is 0 Å². The summed E-state index contributed by atoms with van der Waals surface area (Å²) in [6.45, 7) is 3.48. The van der Waals surface area contributed by atoms with E-state index in [2.05, 4.69) is 16.9 Å². The van der Waals surface area contributed by atoms with Gasteiger partial charge in [0.15, 0.2) is 0 Å². The minimum Gasteiger partial charge on any atom is -0.475 e. The van der Waals surface area contributed by atoms with Crippen LogP contribution in [0.3, 0.4) is 0 Å². The molecule has 2 N–H and O–H groups in total. The highest BCUT2D eigenvalue weighted by Crippen LogP contribution is 2.22. The monoisotopic (exact) mass is 237 g/mol. The molecule has 0 aliphatic carbocycles. The fourth-order valence-electron chi connectivity index (χ4n) is 1.97. The molecule has 1 aromatic rings. The van der Waals surface area contributed by atoms with Crippen molar-refractivity contribution in [3.05, 3.63) is 11.9 Å². The molecule has 1 aromatic heterocycles. The smallest absolute Gasteiger partial charge is 0.221 e. The van der Waals surface area contributed by atoms with Gasteiger partial charge in [0.2, 0.25) is 5.88 Å². The number of hydrogen-bond acceptors (Lipinski definition) is 5. The van der Waals surface area contributed by atoms with Gasteiger partial charge < -0.3 is 15.2 Å². The molecule has 17 heavy (non-hydrogen) atoms. The fourth-order valence-corrected chi connectivity index (χ4v) is 1.97. The van der Waals surface area contributed by atoms with Crippen molar-refractivity contribution in [1.82, 2.24) is 9.97 Å². The van der Waals surface area contributed by atoms with E-state index in [9.17, 15) is 0 Å². The first-order valence-electron chi connectivity index (χ1n) is 6.15. The molecule has 0 radical (unpaired) electrons. The van der Waals surface area contributed by atoms with Crippen LogP contribution in [0.2, 0.25) is 0 Å². The Kier molecular flexibility index (Phi) is 4.14. The van der Waals surface area contributed by atoms with Crippen molar-refractivity contribution < 1.29 is 9.47 Å². The van der Waals surface area contributed by atoms with Crippen molar-refractivity contribution in [3.63, 3.8) is 0 Å². The van der Waals surface area contributed by atoms with Gasteiger partial charge in [0, 0.05) is 6.61 Å². The van der Waals surface area contributed by atoms with Gasteiger partial charge in [-0.15, -0.1) is 0 Å². The molecule has 94 valence electrons. The highest BCUT2D eigenvalue weighted by molar-refractivity contribution is 5.44. The summed E-state index contributed by atoms with van der Waals surface area (Å²) >= 11 is 0. The second-order valence-corrected chi connectivity index (χ2v) is 4.24. The minimum atomic E-state index is 0.195. The number of hydrogen-bond donors (Lipinski definition) is 1. The van der Waals surface area contributed by atoms with Gasteiger partial charge in [-0.05, 0) is 19.3 Å². The van der Waals surface area contributed by atoms with E-state index in [-0.39, 0.29) is 6.10 Å². The quantitative estimate of drug-likeness (QED) is 0.841. The highest BCUT2D eigenvalue weighted by atomic mass is 16.5. The van der Waals surface area contributed by atoms with Crippen LogP contribution in [-0.4, -0.2) is 29.3 Å². The summed E-state index contributed by atoms with van der Waals surface area (Å²) in [5.41, 5.74) is 6.74. The molecule has 5 nitrogen and oxygen atoms in total. The number of nitrogens with zero attached hydrogens (tertiary/aromatic N) is 2. The van der Waals surface area contributed by atoms with Gasteiger partial charge >= 0.3 is 0 Å². The Morgan fingerprint density at radius 3 is 3.12 bits per heavy atom. The number of aromatic nitrogens is 2. The second-order valence-electron chi connectivity index (χ2n) is 4.24. The van der Waals surface area contributed by atoms with Gasteiger partial charge in [-0.3, -0.25) is 0 Å². The van der Waals surface area contributed by atoms with Crippen molar-refractivity contribution >= 4 is 5.82 Å². The molecule has 1 atom stereocenters. The van der Waals surface area contributed by atoms with E-state index in [0.29, 0.717) is 18.3 Å². The molecule has 0 aromatic carbocycles. The summed E-state index contributed by atoms with van der Waals surface area (Å²) in [5.74, 6) is 1.12. The number of rotatable bonds is 5. The van der Waals surface area contributed by atoms with Crippen LogP contribution in [-0.2, 0) is 11.2 Å². The van der Waals surface area contributed by atoms with Crippen LogP contribution in [0.4, 0.5) is 5.82 Å². The number of nitrogen functional groups attached to an aromatic ring is 1. The molecule has 1 aliphatic rings. The molecule has 2 heterocycles. The lowest BCUT2D eigenvalue weighted by Gasteiger charge is -2.14. The van der Waals surface area contributed by atoms with E-state index in [4.69, 9.17) is 15.2 Å². The first kappa shape index (κ1) is 12.1. The highest BCUT2D eigenvalue weighted by Gasteiger charge is 2.17. The predicted molar refractivity (Wildman–Crippen MR) is 64.9 cm³/mol. The molecule has 5 heteroatoms. The maximum absolute atomic E-state index is 5.83. The molecule has 2 rings (SSSR count). The Hall–Kier alpha value is -1.36. The number of anilines is 1. The maximum atomic E-state index is 5.83. The van der Waals surface area contributed by atoms with E-state index in [1.54, 1.807) is 0 Å². The predicted octanol–water partition coefficient (Wildman–Crippen LogP) is 1.57. The summed E-state index contributed by atoms with van der Waals surface area (Å²) in [4.78, 5) is 8.14. The normalized spacial score (nSPS) is 19.5. The Morgan fingerprint density at radius 1 is 1.53 bits per heavy atom. The van der Waals surface area contributed by atoms with E-state index in [1.807, 2.05) is 0 Å². The SMILES string of the molecule is CCCc1c(N)ncnc1OCC1CCCO1. The van der Waals surface area contributed by atoms with Crippen molar-refractivity contribution in [1.29, 1.82) is 0 Å². The lowest BCUT2D eigenvalue weighted by molar-refractivity contribution is 0.0659. The van der Waals surface area contributed by atoms with Crippen molar-refractivity contribution in [2.24, 2.45) is 0 Å². The first-order chi connectivity index (χ1) is 8.31. The lowest BCUT2D eigenvalue weighted by atomic mass is 10.2. The summed E-state index contributed by atoms with van der Waals surface area (Å²) in [6, 6.07) is 0. The number of nitrogens with two attached hydrogens (primary N) is 1. The molecule has 1 saturated heterocycles. The Morgan fingerprint density at radius 2 is 2.41 bits per heavy atom. The first-order valence-corrected chi connectivity index (χ1v) is 6.15. The van der Waals surface area contributed by atoms with Crippen molar-refractivity contribution in [2.45, 2.75) is 38.7 Å². The lowest BCUT2D eigenvalue weighted by Crippen LogP contribution is -2.18. The van der Waals surface area contributed by atoms with E-state index in [1.165, 1.54) is 6.33 Å². The summed E-state index contributed by atoms with van der Waals surface area (Å²) in [5, 5.41) is 0. The average molecular weight is 237 g/mol. The van der Waals surface area contributed by atoms with Gasteiger partial charge in [-0.25, -0.2) is 9.97 Å². The average Bonchev–Trinajstić information content (AvgIpc) is 2.83. The van der Waals surface area contributed by atoms with Gasteiger partial charge in [0.25, 0.3) is 0 Å². The number of ether oxygens (including phenoxy) is 2. The van der Waals surface area contributed by atoms with Gasteiger partial charge in [-0.2, -0.15) is 0 Å². The maximum Gasteiger partial charge on any atom is 0.221 e. The zero-order chi connectivity index (χ0) is 12.1. The van der Waals surface area contributed by atoms with Crippen LogP contribution in [0.1, 0.15) is 31.7 Å². The zero-order valence-electron chi connectivity index (χ0n) is 10.2. The van der Waals surface area contributed by atoms with Crippen LogP contribution in [0.25, 0.3) is 0 Å². The summed E-state index contributed by atoms with van der Waals surface area (Å²) in [6.07, 6.45) is 5.65. The molecule has 1 fully saturated rings. The largest absolute Gasteiger partial charge is 0.475 e. The molecular formula is C12H19N3O2. The Balaban J connectivity index is 2.00. The second kappa shape index (κ2) is 5.82. The minimum absolute atomic E-state index is 0.195. The molecule has 1 unspecified atom stereocenters. The van der Waals surface area contributed by atoms with Gasteiger partial charge in [0.1, 0.15) is 18.8 Å². The topological polar surface area (TPSA) is 70.3 Å². The van der Waals surface area contributed by atoms with Crippen LogP contribution in [0, 0.1) is 0 Å². The molecule has 0 amide bonds. The Bertz CT molecular complexity index is 365. The van der Waals surface area contributed by atoms with Gasteiger partial charge in [-0.1, -0.05) is 13.3 Å². The summed E-state index contributed by atoms with van der Waals surface area (Å²) < 4.78 is 11.2. The van der Waals surface area contributed by atoms with Crippen LogP contribution >= 0.6 is 0 Å².